The molecule has 37 heavy (non-hydrogen) atoms. The van der Waals surface area contributed by atoms with E-state index in [9.17, 15) is 10.4 Å². The summed E-state index contributed by atoms with van der Waals surface area (Å²) in [6, 6.07) is 8.53. The van der Waals surface area contributed by atoms with Crippen LogP contribution < -0.4 is 4.43 Å². The van der Waals surface area contributed by atoms with Crippen molar-refractivity contribution in [3.05, 3.63) is 30.0 Å². The van der Waals surface area contributed by atoms with Crippen molar-refractivity contribution in [1.29, 1.82) is 5.26 Å². The maximum absolute atomic E-state index is 10.00. The standard InChI is InChI=1S/C28H40N4O4Si/c1-20(18-33)34-14-12-28(19-29)16-21(17-30-28)26-23-15-22(36-37(5,6)27(2,3)4)10-11-24(23)32(31-26)25-9-7-8-13-35-25/h10-11,15-17,20,25,33H,7-9,12-14,18H2,1-6H3/t20-,25?,28?/m0/s1. The third-order valence-electron chi connectivity index (χ3n) is 7.72. The highest BCUT2D eigenvalue weighted by Crippen LogP contribution is 2.40. The quantitative estimate of drug-likeness (QED) is 0.426. The van der Waals surface area contributed by atoms with Crippen molar-refractivity contribution >= 4 is 31.0 Å². The van der Waals surface area contributed by atoms with Crippen LogP contribution in [0.15, 0.2) is 29.3 Å². The van der Waals surface area contributed by atoms with Gasteiger partial charge in [0.15, 0.2) is 11.8 Å². The molecule has 0 saturated carbocycles. The molecule has 0 spiro atoms. The molecule has 1 aromatic heterocycles. The van der Waals surface area contributed by atoms with Crippen molar-refractivity contribution in [1.82, 2.24) is 9.78 Å². The molecule has 0 radical (unpaired) electrons. The lowest BCUT2D eigenvalue weighted by Gasteiger charge is -2.36. The number of allylic oxidation sites excluding steroid dienone is 1. The van der Waals surface area contributed by atoms with E-state index < -0.39 is 13.9 Å². The lowest BCUT2D eigenvalue weighted by atomic mass is 9.96. The molecule has 2 aliphatic heterocycles. The number of aliphatic imine (C=N–C) groups is 1. The number of hydrogen-bond donors (Lipinski definition) is 1. The number of rotatable bonds is 9. The molecular weight excluding hydrogens is 484 g/mol. The molecule has 200 valence electrons. The maximum atomic E-state index is 10.00. The number of benzene rings is 1. The summed E-state index contributed by atoms with van der Waals surface area (Å²) in [5.74, 6) is 0.831. The average molecular weight is 525 g/mol. The van der Waals surface area contributed by atoms with Crippen LogP contribution in [-0.4, -0.2) is 60.9 Å². The smallest absolute Gasteiger partial charge is 0.250 e. The Bertz CT molecular complexity index is 1220. The summed E-state index contributed by atoms with van der Waals surface area (Å²) in [4.78, 5) is 4.58. The molecule has 2 unspecified atom stereocenters. The van der Waals surface area contributed by atoms with Crippen molar-refractivity contribution in [2.45, 2.75) is 89.4 Å². The Morgan fingerprint density at radius 2 is 2.11 bits per heavy atom. The van der Waals surface area contributed by atoms with Gasteiger partial charge in [0.1, 0.15) is 11.4 Å². The summed E-state index contributed by atoms with van der Waals surface area (Å²) in [6.45, 7) is 14.0. The third kappa shape index (κ3) is 5.83. The molecule has 0 amide bonds. The van der Waals surface area contributed by atoms with Gasteiger partial charge in [-0.15, -0.1) is 0 Å². The first-order valence-corrected chi connectivity index (χ1v) is 16.1. The van der Waals surface area contributed by atoms with Crippen molar-refractivity contribution in [2.75, 3.05) is 19.8 Å². The lowest BCUT2D eigenvalue weighted by Crippen LogP contribution is -2.43. The zero-order valence-corrected chi connectivity index (χ0v) is 24.0. The van der Waals surface area contributed by atoms with Crippen molar-refractivity contribution in [3.8, 4) is 11.8 Å². The lowest BCUT2D eigenvalue weighted by molar-refractivity contribution is -0.0367. The van der Waals surface area contributed by atoms with Crippen LogP contribution in [0.2, 0.25) is 18.1 Å². The maximum Gasteiger partial charge on any atom is 0.250 e. The number of aromatic nitrogens is 2. The zero-order chi connectivity index (χ0) is 26.8. The van der Waals surface area contributed by atoms with E-state index in [0.717, 1.165) is 53.8 Å². The molecule has 1 aromatic carbocycles. The number of aliphatic hydroxyl groups is 1. The number of hydrogen-bond acceptors (Lipinski definition) is 7. The van der Waals surface area contributed by atoms with Crippen LogP contribution in [0.5, 0.6) is 5.75 Å². The number of nitrogens with zero attached hydrogens (tertiary/aromatic N) is 4. The second-order valence-electron chi connectivity index (χ2n) is 11.7. The molecule has 2 aromatic rings. The van der Waals surface area contributed by atoms with Crippen LogP contribution in [0, 0.1) is 11.3 Å². The summed E-state index contributed by atoms with van der Waals surface area (Å²) in [5.41, 5.74) is 1.54. The van der Waals surface area contributed by atoms with E-state index in [1.807, 2.05) is 16.8 Å². The zero-order valence-electron chi connectivity index (χ0n) is 23.0. The largest absolute Gasteiger partial charge is 0.543 e. The van der Waals surface area contributed by atoms with Gasteiger partial charge in [-0.1, -0.05) is 20.8 Å². The Balaban J connectivity index is 1.73. The summed E-state index contributed by atoms with van der Waals surface area (Å²) >= 11 is 0. The summed E-state index contributed by atoms with van der Waals surface area (Å²) < 4.78 is 20.3. The van der Waals surface area contributed by atoms with Gasteiger partial charge in [0.05, 0.1) is 30.9 Å². The van der Waals surface area contributed by atoms with Gasteiger partial charge in [0, 0.05) is 30.2 Å². The van der Waals surface area contributed by atoms with Crippen LogP contribution in [0.4, 0.5) is 0 Å². The van der Waals surface area contributed by atoms with Gasteiger partial charge in [0.2, 0.25) is 8.32 Å². The second kappa shape index (κ2) is 10.7. The monoisotopic (exact) mass is 524 g/mol. The van der Waals surface area contributed by atoms with E-state index in [2.05, 4.69) is 57.1 Å². The van der Waals surface area contributed by atoms with Gasteiger partial charge >= 0.3 is 0 Å². The Morgan fingerprint density at radius 3 is 2.76 bits per heavy atom. The van der Waals surface area contributed by atoms with E-state index >= 15 is 0 Å². The third-order valence-corrected chi connectivity index (χ3v) is 12.1. The van der Waals surface area contributed by atoms with Gasteiger partial charge in [-0.25, -0.2) is 4.68 Å². The van der Waals surface area contributed by atoms with E-state index in [1.54, 1.807) is 13.1 Å². The summed E-state index contributed by atoms with van der Waals surface area (Å²) in [5, 5.41) is 25.3. The van der Waals surface area contributed by atoms with E-state index in [-0.39, 0.29) is 24.0 Å². The fourth-order valence-corrected chi connectivity index (χ4v) is 5.37. The van der Waals surface area contributed by atoms with Crippen LogP contribution >= 0.6 is 0 Å². The van der Waals surface area contributed by atoms with Crippen LogP contribution in [-0.2, 0) is 9.47 Å². The first kappa shape index (κ1) is 27.5. The first-order valence-electron chi connectivity index (χ1n) is 13.2. The van der Waals surface area contributed by atoms with Gasteiger partial charge in [-0.05, 0) is 68.6 Å². The molecule has 1 N–H and O–H groups in total. The fourth-order valence-electron chi connectivity index (χ4n) is 4.35. The summed E-state index contributed by atoms with van der Waals surface area (Å²) in [6.07, 6.45) is 6.70. The predicted octanol–water partition coefficient (Wildman–Crippen LogP) is 5.64. The molecule has 9 heteroatoms. The normalized spacial score (nSPS) is 23.2. The Labute approximate surface area is 221 Å². The summed E-state index contributed by atoms with van der Waals surface area (Å²) in [7, 11) is -2.03. The molecular formula is C28H40N4O4Si. The Kier molecular flexibility index (Phi) is 7.95. The Hall–Kier alpha value is -2.51. The first-order chi connectivity index (χ1) is 17.5. The predicted molar refractivity (Wildman–Crippen MR) is 148 cm³/mol. The van der Waals surface area contributed by atoms with Crippen molar-refractivity contribution < 1.29 is 19.0 Å². The van der Waals surface area contributed by atoms with Crippen LogP contribution in [0.25, 0.3) is 16.5 Å². The minimum absolute atomic E-state index is 0.0597. The average Bonchev–Trinajstić information content (AvgIpc) is 3.45. The topological polar surface area (TPSA) is 102 Å². The molecule has 8 nitrogen and oxygen atoms in total. The van der Waals surface area contributed by atoms with E-state index in [4.69, 9.17) is 19.0 Å². The number of fused-ring (bicyclic) bond motifs is 1. The van der Waals surface area contributed by atoms with Crippen LogP contribution in [0.3, 0.4) is 0 Å². The fraction of sp³-hybridized carbons (Fsp3) is 0.607. The molecule has 1 saturated heterocycles. The Morgan fingerprint density at radius 1 is 1.32 bits per heavy atom. The SMILES string of the molecule is C[C@@H](CO)OCCC1(C#N)C=C(c2nn(C3CCCCO3)c3ccc(O[Si](C)(C)C(C)(C)C)cc23)C=N1. The number of ether oxygens (including phenoxy) is 2. The molecule has 3 atom stereocenters. The van der Waals surface area contributed by atoms with Gasteiger partial charge in [0.25, 0.3) is 0 Å². The molecule has 1 fully saturated rings. The van der Waals surface area contributed by atoms with E-state index in [1.165, 1.54) is 0 Å². The minimum Gasteiger partial charge on any atom is -0.543 e. The van der Waals surface area contributed by atoms with Gasteiger partial charge in [-0.2, -0.15) is 10.4 Å². The highest BCUT2D eigenvalue weighted by molar-refractivity contribution is 6.74. The molecule has 0 bridgehead atoms. The van der Waals surface area contributed by atoms with Crippen LogP contribution in [0.1, 0.15) is 65.3 Å². The molecule has 2 aliphatic rings. The van der Waals surface area contributed by atoms with Gasteiger partial charge < -0.3 is 19.0 Å². The minimum atomic E-state index is -2.03. The molecule has 3 heterocycles. The number of aliphatic hydroxyl groups excluding tert-OH is 1. The van der Waals surface area contributed by atoms with Crippen molar-refractivity contribution in [3.63, 3.8) is 0 Å². The van der Waals surface area contributed by atoms with Gasteiger partial charge in [-0.3, -0.25) is 4.99 Å². The second-order valence-corrected chi connectivity index (χ2v) is 16.4. The highest BCUT2D eigenvalue weighted by atomic mass is 28.4. The number of nitriles is 1. The highest BCUT2D eigenvalue weighted by Gasteiger charge is 2.39. The van der Waals surface area contributed by atoms with E-state index in [0.29, 0.717) is 13.0 Å². The molecule has 0 aliphatic carbocycles. The van der Waals surface area contributed by atoms with Crippen molar-refractivity contribution in [2.24, 2.45) is 4.99 Å². The molecule has 4 rings (SSSR count).